The van der Waals surface area contributed by atoms with Gasteiger partial charge in [0.25, 0.3) is 6.43 Å². The molecule has 0 aromatic heterocycles. The van der Waals surface area contributed by atoms with E-state index in [0.717, 1.165) is 42.7 Å². The van der Waals surface area contributed by atoms with Gasteiger partial charge in [-0.3, -0.25) is 0 Å². The van der Waals surface area contributed by atoms with Gasteiger partial charge < -0.3 is 9.47 Å². The fraction of sp³-hybridized carbons (Fsp3) is 0.200. The second-order valence-electron chi connectivity index (χ2n) is 7.13. The van der Waals surface area contributed by atoms with Gasteiger partial charge in [0, 0.05) is 12.1 Å². The van der Waals surface area contributed by atoms with Crippen molar-refractivity contribution in [3.05, 3.63) is 95.8 Å². The molecule has 0 radical (unpaired) electrons. The van der Waals surface area contributed by atoms with E-state index in [-0.39, 0.29) is 0 Å². The van der Waals surface area contributed by atoms with Crippen LogP contribution in [0.4, 0.5) is 26.3 Å². The molecule has 0 unspecified atom stereocenters. The van der Waals surface area contributed by atoms with Gasteiger partial charge in [-0.1, -0.05) is 43.7 Å². The molecule has 0 spiro atoms. The first kappa shape index (κ1) is 24.2. The highest BCUT2D eigenvalue weighted by Gasteiger charge is 2.38. The van der Waals surface area contributed by atoms with Crippen molar-refractivity contribution in [3.63, 3.8) is 0 Å². The molecule has 2 nitrogen and oxygen atoms in total. The van der Waals surface area contributed by atoms with E-state index in [4.69, 9.17) is 0 Å². The zero-order chi connectivity index (χ0) is 24.0. The van der Waals surface area contributed by atoms with E-state index >= 15 is 0 Å². The number of benzene rings is 3. The van der Waals surface area contributed by atoms with Crippen molar-refractivity contribution in [2.45, 2.75) is 32.3 Å². The summed E-state index contributed by atoms with van der Waals surface area (Å²) < 4.78 is 91.0. The Morgan fingerprint density at radius 3 is 2.18 bits per heavy atom. The molecule has 33 heavy (non-hydrogen) atoms. The Morgan fingerprint density at radius 1 is 0.879 bits per heavy atom. The normalized spacial score (nSPS) is 11.9. The van der Waals surface area contributed by atoms with Crippen molar-refractivity contribution in [2.75, 3.05) is 0 Å². The summed E-state index contributed by atoms with van der Waals surface area (Å²) in [6, 6.07) is 13.1. The molecule has 174 valence electrons. The smallest absolute Gasteiger partial charge is 0.429 e. The molecule has 3 aromatic rings. The quantitative estimate of drug-likeness (QED) is 0.236. The lowest BCUT2D eigenvalue weighted by atomic mass is 10.0. The van der Waals surface area contributed by atoms with Gasteiger partial charge in [-0.2, -0.15) is 8.78 Å². The zero-order valence-corrected chi connectivity index (χ0v) is 17.5. The fourth-order valence-corrected chi connectivity index (χ4v) is 3.10. The number of hydrogen-bond acceptors (Lipinski definition) is 2. The highest BCUT2D eigenvalue weighted by molar-refractivity contribution is 5.64. The van der Waals surface area contributed by atoms with Gasteiger partial charge in [0.15, 0.2) is 11.6 Å². The molecule has 0 N–H and O–H groups in total. The molecule has 8 heteroatoms. The van der Waals surface area contributed by atoms with E-state index in [2.05, 4.69) is 16.4 Å². The molecule has 0 atom stereocenters. The van der Waals surface area contributed by atoms with Crippen molar-refractivity contribution in [1.29, 1.82) is 0 Å². The summed E-state index contributed by atoms with van der Waals surface area (Å²) in [4.78, 5) is 0. The number of ether oxygens (including phenoxy) is 2. The Labute approximate surface area is 187 Å². The van der Waals surface area contributed by atoms with Crippen LogP contribution in [0.1, 0.15) is 24.5 Å². The molecule has 0 fully saturated rings. The first-order chi connectivity index (χ1) is 15.7. The summed E-state index contributed by atoms with van der Waals surface area (Å²) in [7, 11) is 0. The van der Waals surface area contributed by atoms with Gasteiger partial charge in [-0.05, 0) is 47.4 Å². The molecule has 0 saturated carbocycles. The van der Waals surface area contributed by atoms with Gasteiger partial charge in [0.1, 0.15) is 11.6 Å². The van der Waals surface area contributed by atoms with Gasteiger partial charge in [-0.25, -0.2) is 17.6 Å². The van der Waals surface area contributed by atoms with Crippen LogP contribution in [0.15, 0.2) is 73.0 Å². The fourth-order valence-electron chi connectivity index (χ4n) is 3.10. The monoisotopic (exact) mass is 466 g/mol. The molecule has 0 bridgehead atoms. The third-order valence-corrected chi connectivity index (χ3v) is 4.68. The van der Waals surface area contributed by atoms with Gasteiger partial charge >= 0.3 is 6.11 Å². The summed E-state index contributed by atoms with van der Waals surface area (Å²) in [5.41, 5.74) is 1.18. The van der Waals surface area contributed by atoms with Crippen molar-refractivity contribution in [1.82, 2.24) is 0 Å². The minimum Gasteiger partial charge on any atom is -0.462 e. The van der Waals surface area contributed by atoms with E-state index in [0.29, 0.717) is 29.5 Å². The third kappa shape index (κ3) is 6.31. The molecular formula is C25H20F6O2. The largest absolute Gasteiger partial charge is 0.462 e. The lowest BCUT2D eigenvalue weighted by molar-refractivity contribution is -0.187. The van der Waals surface area contributed by atoms with E-state index in [1.165, 1.54) is 6.07 Å². The third-order valence-electron chi connectivity index (χ3n) is 4.68. The lowest BCUT2D eigenvalue weighted by Crippen LogP contribution is -2.23. The summed E-state index contributed by atoms with van der Waals surface area (Å²) in [5, 5.41) is 0. The van der Waals surface area contributed by atoms with Gasteiger partial charge in [0.05, 0.1) is 11.8 Å². The first-order valence-electron chi connectivity index (χ1n) is 10.1. The Kier molecular flexibility index (Phi) is 7.68. The molecule has 0 amide bonds. The van der Waals surface area contributed by atoms with Crippen molar-refractivity contribution < 1.29 is 35.8 Å². The summed E-state index contributed by atoms with van der Waals surface area (Å²) in [5.74, 6) is -3.38. The Bertz CT molecular complexity index is 1110. The van der Waals surface area contributed by atoms with Gasteiger partial charge in [-0.15, -0.1) is 0 Å². The van der Waals surface area contributed by atoms with Crippen LogP contribution in [0.25, 0.3) is 11.1 Å². The summed E-state index contributed by atoms with van der Waals surface area (Å²) >= 11 is 0. The predicted molar refractivity (Wildman–Crippen MR) is 113 cm³/mol. The number of halogens is 6. The Balaban J connectivity index is 1.76. The molecule has 0 heterocycles. The number of rotatable bonds is 9. The SMILES string of the molecule is CCCc1ccc(-c2ccc(C(F)(F)Oc3ccc(O/C=C/C(F)F)c(F)c3)c(F)c2)cc1. The minimum absolute atomic E-state index is 0.379. The Morgan fingerprint density at radius 2 is 1.58 bits per heavy atom. The average Bonchev–Trinajstić information content (AvgIpc) is 2.75. The molecule has 0 aliphatic heterocycles. The van der Waals surface area contributed by atoms with Crippen molar-refractivity contribution >= 4 is 0 Å². The van der Waals surface area contributed by atoms with Crippen LogP contribution < -0.4 is 9.47 Å². The van der Waals surface area contributed by atoms with Crippen LogP contribution in [0.2, 0.25) is 0 Å². The second-order valence-corrected chi connectivity index (χ2v) is 7.13. The first-order valence-corrected chi connectivity index (χ1v) is 10.1. The second kappa shape index (κ2) is 10.5. The average molecular weight is 466 g/mol. The molecule has 0 aliphatic rings. The standard InChI is InChI=1S/C25H20F6O2/c1-2-3-16-4-6-17(7-5-16)18-8-10-20(21(26)14-18)25(30,31)33-19-9-11-23(22(27)15-19)32-13-12-24(28)29/h4-15,24H,2-3H2,1H3/b13-12+. The van der Waals surface area contributed by atoms with Crippen LogP contribution in [0, 0.1) is 11.6 Å². The van der Waals surface area contributed by atoms with Crippen LogP contribution >= 0.6 is 0 Å². The van der Waals surface area contributed by atoms with Crippen molar-refractivity contribution in [3.8, 4) is 22.6 Å². The molecule has 0 saturated heterocycles. The number of allylic oxidation sites excluding steroid dienone is 1. The summed E-state index contributed by atoms with van der Waals surface area (Å²) in [6.45, 7) is 2.05. The van der Waals surface area contributed by atoms with E-state index in [9.17, 15) is 26.3 Å². The summed E-state index contributed by atoms with van der Waals surface area (Å²) in [6.07, 6.45) is -4.06. The highest BCUT2D eigenvalue weighted by Crippen LogP contribution is 2.36. The van der Waals surface area contributed by atoms with Crippen molar-refractivity contribution in [2.24, 2.45) is 0 Å². The maximum absolute atomic E-state index is 14.6. The number of aryl methyl sites for hydroxylation is 1. The topological polar surface area (TPSA) is 18.5 Å². The van der Waals surface area contributed by atoms with Gasteiger partial charge in [0.2, 0.25) is 0 Å². The van der Waals surface area contributed by atoms with Crippen LogP contribution in [0.5, 0.6) is 11.5 Å². The maximum Gasteiger partial charge on any atom is 0.429 e. The molecular weight excluding hydrogens is 446 g/mol. The highest BCUT2D eigenvalue weighted by atomic mass is 19.3. The number of hydrogen-bond donors (Lipinski definition) is 0. The molecule has 3 aromatic carbocycles. The zero-order valence-electron chi connectivity index (χ0n) is 17.5. The maximum atomic E-state index is 14.6. The Hall–Kier alpha value is -3.42. The van der Waals surface area contributed by atoms with Crippen LogP contribution in [-0.2, 0) is 12.5 Å². The number of alkyl halides is 4. The molecule has 0 aliphatic carbocycles. The van der Waals surface area contributed by atoms with E-state index in [1.807, 2.05) is 12.1 Å². The van der Waals surface area contributed by atoms with E-state index < -0.39 is 41.2 Å². The minimum atomic E-state index is -4.10. The van der Waals surface area contributed by atoms with Crippen LogP contribution in [0.3, 0.4) is 0 Å². The molecule has 3 rings (SSSR count). The predicted octanol–water partition coefficient (Wildman–Crippen LogP) is 7.87. The van der Waals surface area contributed by atoms with E-state index in [1.54, 1.807) is 12.1 Å². The van der Waals surface area contributed by atoms with Crippen LogP contribution in [-0.4, -0.2) is 6.43 Å². The lowest BCUT2D eigenvalue weighted by Gasteiger charge is -2.19.